The molecule has 2 heterocycles. The van der Waals surface area contributed by atoms with E-state index in [-0.39, 0.29) is 12.1 Å². The van der Waals surface area contributed by atoms with Gasteiger partial charge in [0.1, 0.15) is 5.82 Å². The Labute approximate surface area is 175 Å². The standard InChI is InChI=1S/C20H29N7O3/c1-12(2)23-20(28)22-9-7-6-8-21-18-19-26-25-13(3)27(19)15-11-17(30-5)16(29-4)10-14(15)24-18/h10-12H,6-9H2,1-5H3,(H,21,24)(H2,22,23,28). The number of carbonyl (C=O) groups is 1. The van der Waals surface area contributed by atoms with Crippen LogP contribution in [0.25, 0.3) is 16.7 Å². The summed E-state index contributed by atoms with van der Waals surface area (Å²) in [6, 6.07) is 3.70. The van der Waals surface area contributed by atoms with E-state index in [4.69, 9.17) is 14.5 Å². The molecule has 0 spiro atoms. The van der Waals surface area contributed by atoms with Crippen LogP contribution in [0.5, 0.6) is 11.5 Å². The molecule has 3 aromatic rings. The Kier molecular flexibility index (Phi) is 6.76. The summed E-state index contributed by atoms with van der Waals surface area (Å²) in [5.41, 5.74) is 2.25. The molecule has 0 radical (unpaired) electrons. The fraction of sp³-hybridized carbons (Fsp3) is 0.500. The molecule has 162 valence electrons. The monoisotopic (exact) mass is 415 g/mol. The Bertz CT molecular complexity index is 1030. The van der Waals surface area contributed by atoms with Crippen LogP contribution >= 0.6 is 0 Å². The number of methoxy groups -OCH3 is 2. The molecule has 30 heavy (non-hydrogen) atoms. The highest BCUT2D eigenvalue weighted by molar-refractivity contribution is 5.85. The molecule has 1 aromatic carbocycles. The first kappa shape index (κ1) is 21.4. The van der Waals surface area contributed by atoms with Gasteiger partial charge in [0.25, 0.3) is 0 Å². The fourth-order valence-electron chi connectivity index (χ4n) is 3.19. The average Bonchev–Trinajstić information content (AvgIpc) is 3.11. The molecule has 0 saturated carbocycles. The van der Waals surface area contributed by atoms with Gasteiger partial charge < -0.3 is 25.4 Å². The number of ether oxygens (including phenoxy) is 2. The van der Waals surface area contributed by atoms with Gasteiger partial charge in [0.05, 0.1) is 25.3 Å². The molecular weight excluding hydrogens is 386 g/mol. The van der Waals surface area contributed by atoms with E-state index >= 15 is 0 Å². The van der Waals surface area contributed by atoms with E-state index in [9.17, 15) is 4.79 Å². The molecule has 0 atom stereocenters. The van der Waals surface area contributed by atoms with Gasteiger partial charge in [-0.05, 0) is 33.6 Å². The van der Waals surface area contributed by atoms with Crippen LogP contribution in [-0.4, -0.2) is 59.0 Å². The number of rotatable bonds is 9. The Morgan fingerprint density at radius 3 is 2.50 bits per heavy atom. The first-order valence-corrected chi connectivity index (χ1v) is 10.00. The van der Waals surface area contributed by atoms with Gasteiger partial charge in [-0.25, -0.2) is 9.78 Å². The number of hydrogen-bond donors (Lipinski definition) is 3. The second kappa shape index (κ2) is 9.47. The highest BCUT2D eigenvalue weighted by Crippen LogP contribution is 2.33. The van der Waals surface area contributed by atoms with E-state index in [1.807, 2.05) is 37.3 Å². The molecule has 0 unspecified atom stereocenters. The second-order valence-corrected chi connectivity index (χ2v) is 7.25. The van der Waals surface area contributed by atoms with Crippen LogP contribution in [-0.2, 0) is 0 Å². The first-order chi connectivity index (χ1) is 14.4. The van der Waals surface area contributed by atoms with Crippen LogP contribution < -0.4 is 25.4 Å². The molecule has 0 fully saturated rings. The molecule has 0 aliphatic rings. The van der Waals surface area contributed by atoms with Crippen molar-refractivity contribution in [3.63, 3.8) is 0 Å². The number of carbonyl (C=O) groups excluding carboxylic acids is 1. The third-order valence-electron chi connectivity index (χ3n) is 4.59. The van der Waals surface area contributed by atoms with Crippen LogP contribution in [0.1, 0.15) is 32.5 Å². The lowest BCUT2D eigenvalue weighted by Crippen LogP contribution is -2.39. The lowest BCUT2D eigenvalue weighted by atomic mass is 10.2. The van der Waals surface area contributed by atoms with Crippen LogP contribution in [0, 0.1) is 6.92 Å². The number of nitrogens with zero attached hydrogens (tertiary/aromatic N) is 4. The molecule has 0 saturated heterocycles. The van der Waals surface area contributed by atoms with Crippen LogP contribution in [0.3, 0.4) is 0 Å². The maximum absolute atomic E-state index is 11.6. The number of aromatic nitrogens is 4. The maximum atomic E-state index is 11.6. The third-order valence-corrected chi connectivity index (χ3v) is 4.59. The van der Waals surface area contributed by atoms with Crippen molar-refractivity contribution in [1.82, 2.24) is 30.2 Å². The summed E-state index contributed by atoms with van der Waals surface area (Å²) in [6.45, 7) is 7.06. The van der Waals surface area contributed by atoms with Crippen LogP contribution in [0.2, 0.25) is 0 Å². The number of hydrogen-bond acceptors (Lipinski definition) is 7. The van der Waals surface area contributed by atoms with Crippen molar-refractivity contribution in [1.29, 1.82) is 0 Å². The average molecular weight is 415 g/mol. The summed E-state index contributed by atoms with van der Waals surface area (Å²) < 4.78 is 12.8. The molecule has 0 aliphatic carbocycles. The van der Waals surface area contributed by atoms with Gasteiger partial charge in [0, 0.05) is 31.3 Å². The van der Waals surface area contributed by atoms with E-state index in [0.29, 0.717) is 36.1 Å². The minimum Gasteiger partial charge on any atom is -0.493 e. The molecular formula is C20H29N7O3. The number of nitrogens with one attached hydrogen (secondary N) is 3. The van der Waals surface area contributed by atoms with Crippen molar-refractivity contribution in [3.05, 3.63) is 18.0 Å². The number of aryl methyl sites for hydroxylation is 1. The Hall–Kier alpha value is -3.30. The van der Waals surface area contributed by atoms with Gasteiger partial charge in [-0.1, -0.05) is 0 Å². The van der Waals surface area contributed by atoms with Gasteiger partial charge in [-0.15, -0.1) is 10.2 Å². The molecule has 2 amide bonds. The van der Waals surface area contributed by atoms with Gasteiger partial charge in [0.2, 0.25) is 5.65 Å². The number of urea groups is 1. The van der Waals surface area contributed by atoms with Crippen molar-refractivity contribution < 1.29 is 14.3 Å². The summed E-state index contributed by atoms with van der Waals surface area (Å²) >= 11 is 0. The zero-order valence-electron chi connectivity index (χ0n) is 18.1. The second-order valence-electron chi connectivity index (χ2n) is 7.25. The van der Waals surface area contributed by atoms with Crippen molar-refractivity contribution >= 4 is 28.5 Å². The highest BCUT2D eigenvalue weighted by Gasteiger charge is 2.16. The van der Waals surface area contributed by atoms with E-state index in [1.165, 1.54) is 0 Å². The summed E-state index contributed by atoms with van der Waals surface area (Å²) in [4.78, 5) is 16.3. The van der Waals surface area contributed by atoms with E-state index in [2.05, 4.69) is 26.1 Å². The third kappa shape index (κ3) is 4.64. The topological polar surface area (TPSA) is 115 Å². The number of amides is 2. The molecule has 10 nitrogen and oxygen atoms in total. The first-order valence-electron chi connectivity index (χ1n) is 10.00. The van der Waals surface area contributed by atoms with Crippen molar-refractivity contribution in [2.24, 2.45) is 0 Å². The van der Waals surface area contributed by atoms with Crippen LogP contribution in [0.15, 0.2) is 12.1 Å². The van der Waals surface area contributed by atoms with E-state index in [0.717, 1.165) is 29.7 Å². The minimum absolute atomic E-state index is 0.123. The largest absolute Gasteiger partial charge is 0.493 e. The minimum atomic E-state index is -0.140. The summed E-state index contributed by atoms with van der Waals surface area (Å²) in [6.07, 6.45) is 1.71. The predicted octanol–water partition coefficient (Wildman–Crippen LogP) is 2.50. The Balaban J connectivity index is 1.72. The lowest BCUT2D eigenvalue weighted by Gasteiger charge is -2.13. The molecule has 0 aliphatic heterocycles. The zero-order valence-corrected chi connectivity index (χ0v) is 18.1. The van der Waals surface area contributed by atoms with Gasteiger partial charge >= 0.3 is 6.03 Å². The van der Waals surface area contributed by atoms with E-state index in [1.54, 1.807) is 14.2 Å². The summed E-state index contributed by atoms with van der Waals surface area (Å²) in [5.74, 6) is 2.64. The normalized spacial score (nSPS) is 11.1. The smallest absolute Gasteiger partial charge is 0.314 e. The highest BCUT2D eigenvalue weighted by atomic mass is 16.5. The SMILES string of the molecule is COc1cc2nc(NCCCCNC(=O)NC(C)C)c3nnc(C)n3c2cc1OC. The van der Waals surface area contributed by atoms with Gasteiger partial charge in [-0.2, -0.15) is 0 Å². The fourth-order valence-corrected chi connectivity index (χ4v) is 3.19. The number of fused-ring (bicyclic) bond motifs is 3. The van der Waals surface area contributed by atoms with Crippen LogP contribution in [0.4, 0.5) is 10.6 Å². The lowest BCUT2D eigenvalue weighted by molar-refractivity contribution is 0.238. The molecule has 3 rings (SSSR count). The summed E-state index contributed by atoms with van der Waals surface area (Å²) in [7, 11) is 3.20. The van der Waals surface area contributed by atoms with Gasteiger partial charge in [-0.3, -0.25) is 4.40 Å². The molecule has 0 bridgehead atoms. The number of benzene rings is 1. The van der Waals surface area contributed by atoms with E-state index < -0.39 is 0 Å². The predicted molar refractivity (Wildman–Crippen MR) is 116 cm³/mol. The maximum Gasteiger partial charge on any atom is 0.314 e. The number of unbranched alkanes of at least 4 members (excludes halogenated alkanes) is 1. The Morgan fingerprint density at radius 1 is 1.10 bits per heavy atom. The Morgan fingerprint density at radius 2 is 1.80 bits per heavy atom. The zero-order chi connectivity index (χ0) is 21.7. The quantitative estimate of drug-likeness (QED) is 0.460. The molecule has 10 heteroatoms. The van der Waals surface area contributed by atoms with Gasteiger partial charge in [0.15, 0.2) is 17.3 Å². The van der Waals surface area contributed by atoms with Crippen molar-refractivity contribution in [3.8, 4) is 11.5 Å². The van der Waals surface area contributed by atoms with Crippen molar-refractivity contribution in [2.75, 3.05) is 32.6 Å². The molecule has 3 N–H and O–H groups in total. The summed E-state index contributed by atoms with van der Waals surface area (Å²) in [5, 5.41) is 17.5. The molecule has 2 aromatic heterocycles. The number of anilines is 1. The van der Waals surface area contributed by atoms with Crippen molar-refractivity contribution in [2.45, 2.75) is 39.7 Å².